The quantitative estimate of drug-likeness (QED) is 0.739. The number of hydrogen-bond acceptors (Lipinski definition) is 3. The Morgan fingerprint density at radius 3 is 2.85 bits per heavy atom. The van der Waals surface area contributed by atoms with Crippen molar-refractivity contribution in [2.24, 2.45) is 0 Å². The number of pyridine rings is 1. The molecule has 0 spiro atoms. The van der Waals surface area contributed by atoms with E-state index in [-0.39, 0.29) is 0 Å². The lowest BCUT2D eigenvalue weighted by molar-refractivity contribution is 0.344. The summed E-state index contributed by atoms with van der Waals surface area (Å²) in [5.74, 6) is 0.891. The van der Waals surface area contributed by atoms with Gasteiger partial charge in [0.15, 0.2) is 0 Å². The SMILES string of the molecule is Cc1cccc(CN(C)CCS)n1. The van der Waals surface area contributed by atoms with Crippen molar-refractivity contribution in [3.63, 3.8) is 0 Å². The number of rotatable bonds is 4. The Bertz CT molecular complexity index is 263. The number of thiol groups is 1. The Hall–Kier alpha value is -0.540. The summed E-state index contributed by atoms with van der Waals surface area (Å²) in [4.78, 5) is 6.65. The molecule has 0 saturated heterocycles. The first-order valence-corrected chi connectivity index (χ1v) is 5.07. The van der Waals surface area contributed by atoms with Crippen LogP contribution in [0.15, 0.2) is 18.2 Å². The minimum Gasteiger partial charge on any atom is -0.300 e. The minimum absolute atomic E-state index is 0.891. The molecule has 1 aromatic heterocycles. The van der Waals surface area contributed by atoms with Gasteiger partial charge in [-0.2, -0.15) is 12.6 Å². The first kappa shape index (κ1) is 10.5. The highest BCUT2D eigenvalue weighted by Gasteiger charge is 1.99. The predicted octanol–water partition coefficient (Wildman–Crippen LogP) is 1.75. The largest absolute Gasteiger partial charge is 0.300 e. The van der Waals surface area contributed by atoms with Crippen LogP contribution >= 0.6 is 12.6 Å². The topological polar surface area (TPSA) is 16.1 Å². The number of aromatic nitrogens is 1. The summed E-state index contributed by atoms with van der Waals surface area (Å²) < 4.78 is 0. The van der Waals surface area contributed by atoms with Crippen molar-refractivity contribution in [3.05, 3.63) is 29.6 Å². The molecule has 0 amide bonds. The van der Waals surface area contributed by atoms with E-state index in [1.54, 1.807) is 0 Å². The van der Waals surface area contributed by atoms with Crippen molar-refractivity contribution in [3.8, 4) is 0 Å². The fraction of sp³-hybridized carbons (Fsp3) is 0.500. The highest BCUT2D eigenvalue weighted by molar-refractivity contribution is 7.80. The van der Waals surface area contributed by atoms with Crippen LogP contribution in [-0.2, 0) is 6.54 Å². The molecule has 0 N–H and O–H groups in total. The second-order valence-electron chi connectivity index (χ2n) is 3.23. The second-order valence-corrected chi connectivity index (χ2v) is 3.68. The molecule has 1 heterocycles. The first-order chi connectivity index (χ1) is 6.22. The molecule has 2 nitrogen and oxygen atoms in total. The molecular weight excluding hydrogens is 180 g/mol. The van der Waals surface area contributed by atoms with Gasteiger partial charge in [0, 0.05) is 24.5 Å². The van der Waals surface area contributed by atoms with Gasteiger partial charge in [-0.15, -0.1) is 0 Å². The molecule has 1 aromatic rings. The van der Waals surface area contributed by atoms with E-state index in [1.165, 1.54) is 0 Å². The zero-order chi connectivity index (χ0) is 9.68. The van der Waals surface area contributed by atoms with Crippen molar-refractivity contribution in [2.45, 2.75) is 13.5 Å². The zero-order valence-corrected chi connectivity index (χ0v) is 9.09. The van der Waals surface area contributed by atoms with Crippen LogP contribution in [0, 0.1) is 6.92 Å². The van der Waals surface area contributed by atoms with Crippen LogP contribution in [0.1, 0.15) is 11.4 Å². The van der Waals surface area contributed by atoms with Gasteiger partial charge in [-0.1, -0.05) is 6.07 Å². The molecule has 0 aliphatic carbocycles. The van der Waals surface area contributed by atoms with Crippen LogP contribution in [0.5, 0.6) is 0 Å². The molecule has 0 fully saturated rings. The predicted molar refractivity (Wildman–Crippen MR) is 59.2 cm³/mol. The maximum Gasteiger partial charge on any atom is 0.0547 e. The van der Waals surface area contributed by atoms with E-state index < -0.39 is 0 Å². The average molecular weight is 196 g/mol. The molecule has 0 radical (unpaired) electrons. The summed E-state index contributed by atoms with van der Waals surface area (Å²) in [7, 11) is 2.08. The normalized spacial score (nSPS) is 10.8. The van der Waals surface area contributed by atoms with Gasteiger partial charge in [0.25, 0.3) is 0 Å². The van der Waals surface area contributed by atoms with E-state index in [0.717, 1.165) is 30.2 Å². The van der Waals surface area contributed by atoms with Gasteiger partial charge < -0.3 is 0 Å². The molecular formula is C10H16N2S. The monoisotopic (exact) mass is 196 g/mol. The molecule has 0 aromatic carbocycles. The molecule has 13 heavy (non-hydrogen) atoms. The molecule has 0 aliphatic heterocycles. The third-order valence-corrected chi connectivity index (χ3v) is 2.06. The van der Waals surface area contributed by atoms with Gasteiger partial charge >= 0.3 is 0 Å². The van der Waals surface area contributed by atoms with Gasteiger partial charge in [0.1, 0.15) is 0 Å². The van der Waals surface area contributed by atoms with Gasteiger partial charge in [-0.3, -0.25) is 9.88 Å². The maximum atomic E-state index is 4.43. The first-order valence-electron chi connectivity index (χ1n) is 4.44. The molecule has 0 saturated carbocycles. The van der Waals surface area contributed by atoms with Crippen LogP contribution in [0.4, 0.5) is 0 Å². The number of nitrogens with zero attached hydrogens (tertiary/aromatic N) is 2. The lowest BCUT2D eigenvalue weighted by Crippen LogP contribution is -2.20. The van der Waals surface area contributed by atoms with Crippen LogP contribution < -0.4 is 0 Å². The van der Waals surface area contributed by atoms with E-state index in [2.05, 4.69) is 35.6 Å². The minimum atomic E-state index is 0.891. The third-order valence-electron chi connectivity index (χ3n) is 1.86. The Kier molecular flexibility index (Phi) is 4.25. The van der Waals surface area contributed by atoms with Crippen molar-refractivity contribution >= 4 is 12.6 Å². The Labute approximate surface area is 85.4 Å². The molecule has 72 valence electrons. The molecule has 0 aliphatic rings. The Morgan fingerprint density at radius 2 is 2.23 bits per heavy atom. The van der Waals surface area contributed by atoms with Gasteiger partial charge in [-0.05, 0) is 26.1 Å². The maximum absolute atomic E-state index is 4.43. The van der Waals surface area contributed by atoms with Crippen LogP contribution in [0.3, 0.4) is 0 Å². The summed E-state index contributed by atoms with van der Waals surface area (Å²) in [5.41, 5.74) is 2.21. The smallest absolute Gasteiger partial charge is 0.0547 e. The number of aryl methyl sites for hydroxylation is 1. The molecule has 0 bridgehead atoms. The van der Waals surface area contributed by atoms with Crippen molar-refractivity contribution < 1.29 is 0 Å². The van der Waals surface area contributed by atoms with E-state index in [1.807, 2.05) is 19.1 Å². The van der Waals surface area contributed by atoms with Crippen LogP contribution in [0.25, 0.3) is 0 Å². The van der Waals surface area contributed by atoms with Gasteiger partial charge in [-0.25, -0.2) is 0 Å². The second kappa shape index (κ2) is 5.25. The summed E-state index contributed by atoms with van der Waals surface area (Å²) in [6.07, 6.45) is 0. The molecule has 0 unspecified atom stereocenters. The molecule has 1 rings (SSSR count). The van der Waals surface area contributed by atoms with Crippen molar-refractivity contribution in [1.29, 1.82) is 0 Å². The van der Waals surface area contributed by atoms with E-state index in [4.69, 9.17) is 0 Å². The highest BCUT2D eigenvalue weighted by Crippen LogP contribution is 2.01. The summed E-state index contributed by atoms with van der Waals surface area (Å²) in [6.45, 7) is 3.92. The lowest BCUT2D eigenvalue weighted by atomic mass is 10.3. The Morgan fingerprint density at radius 1 is 1.46 bits per heavy atom. The zero-order valence-electron chi connectivity index (χ0n) is 8.20. The van der Waals surface area contributed by atoms with Crippen molar-refractivity contribution in [1.82, 2.24) is 9.88 Å². The average Bonchev–Trinajstić information content (AvgIpc) is 2.04. The standard InChI is InChI=1S/C10H16N2S/c1-9-4-3-5-10(11-9)8-12(2)6-7-13/h3-5,13H,6-8H2,1-2H3. The van der Waals surface area contributed by atoms with E-state index in [0.29, 0.717) is 0 Å². The fourth-order valence-corrected chi connectivity index (χ4v) is 1.56. The fourth-order valence-electron chi connectivity index (χ4n) is 1.21. The summed E-state index contributed by atoms with van der Waals surface area (Å²) in [6, 6.07) is 6.12. The summed E-state index contributed by atoms with van der Waals surface area (Å²) in [5, 5.41) is 0. The molecule has 0 atom stereocenters. The lowest BCUT2D eigenvalue weighted by Gasteiger charge is -2.14. The van der Waals surface area contributed by atoms with E-state index >= 15 is 0 Å². The summed E-state index contributed by atoms with van der Waals surface area (Å²) >= 11 is 4.18. The highest BCUT2D eigenvalue weighted by atomic mass is 32.1. The van der Waals surface area contributed by atoms with Gasteiger partial charge in [0.05, 0.1) is 5.69 Å². The van der Waals surface area contributed by atoms with E-state index in [9.17, 15) is 0 Å². The molecule has 3 heteroatoms. The van der Waals surface area contributed by atoms with Gasteiger partial charge in [0.2, 0.25) is 0 Å². The van der Waals surface area contributed by atoms with Crippen LogP contribution in [0.2, 0.25) is 0 Å². The Balaban J connectivity index is 2.53. The number of hydrogen-bond donors (Lipinski definition) is 1. The van der Waals surface area contributed by atoms with Crippen LogP contribution in [-0.4, -0.2) is 29.2 Å². The third kappa shape index (κ3) is 3.79. The van der Waals surface area contributed by atoms with Crippen molar-refractivity contribution in [2.75, 3.05) is 19.3 Å².